The number of carbonyl (C=O) groups excluding carboxylic acids is 1. The van der Waals surface area contributed by atoms with Crippen LogP contribution in [0.4, 0.5) is 0 Å². The van der Waals surface area contributed by atoms with Crippen molar-refractivity contribution in [3.05, 3.63) is 18.0 Å². The molecule has 1 aromatic rings. The van der Waals surface area contributed by atoms with Gasteiger partial charge in [0.25, 0.3) is 0 Å². The number of aryl methyl sites for hydroxylation is 1. The smallest absolute Gasteiger partial charge is 0.147 e. The average molecular weight is 212 g/mol. The molecule has 0 unspecified atom stereocenters. The fourth-order valence-electron chi connectivity index (χ4n) is 1.17. The van der Waals surface area contributed by atoms with Gasteiger partial charge in [-0.05, 0) is 17.7 Å². The van der Waals surface area contributed by atoms with E-state index in [1.807, 2.05) is 13.2 Å². The largest absolute Gasteiger partial charge is 0.298 e. The van der Waals surface area contributed by atoms with Gasteiger partial charge in [0.1, 0.15) is 5.78 Å². The van der Waals surface area contributed by atoms with Crippen molar-refractivity contribution in [1.29, 1.82) is 0 Å². The lowest BCUT2D eigenvalue weighted by atomic mass is 10.2. The van der Waals surface area contributed by atoms with Gasteiger partial charge in [0.2, 0.25) is 0 Å². The van der Waals surface area contributed by atoms with Crippen LogP contribution >= 0.6 is 11.8 Å². The van der Waals surface area contributed by atoms with Crippen LogP contribution in [0.2, 0.25) is 0 Å². The Morgan fingerprint density at radius 2 is 2.43 bits per heavy atom. The zero-order valence-electron chi connectivity index (χ0n) is 8.69. The highest BCUT2D eigenvalue weighted by atomic mass is 32.2. The fourth-order valence-corrected chi connectivity index (χ4v) is 1.93. The van der Waals surface area contributed by atoms with Crippen LogP contribution in [0.15, 0.2) is 12.4 Å². The second-order valence-corrected chi connectivity index (χ2v) is 4.40. The Morgan fingerprint density at radius 3 is 3.00 bits per heavy atom. The Bertz CT molecular complexity index is 296. The van der Waals surface area contributed by atoms with Crippen LogP contribution < -0.4 is 0 Å². The minimum absolute atomic E-state index is 0.288. The predicted molar refractivity (Wildman–Crippen MR) is 59.5 cm³/mol. The first-order chi connectivity index (χ1) is 6.72. The number of ketones is 1. The van der Waals surface area contributed by atoms with Gasteiger partial charge in [-0.1, -0.05) is 6.92 Å². The Balaban J connectivity index is 2.27. The van der Waals surface area contributed by atoms with Crippen molar-refractivity contribution in [2.45, 2.75) is 19.8 Å². The topological polar surface area (TPSA) is 34.9 Å². The summed E-state index contributed by atoms with van der Waals surface area (Å²) in [5.74, 6) is 1.98. The Kier molecular flexibility index (Phi) is 4.73. The summed E-state index contributed by atoms with van der Waals surface area (Å²) in [6.07, 6.45) is 5.29. The number of aromatic nitrogens is 2. The maximum atomic E-state index is 11.4. The second kappa shape index (κ2) is 5.86. The van der Waals surface area contributed by atoms with Gasteiger partial charge >= 0.3 is 0 Å². The molecule has 0 aliphatic heterocycles. The zero-order chi connectivity index (χ0) is 10.4. The summed E-state index contributed by atoms with van der Waals surface area (Å²) in [5.41, 5.74) is 1.01. The SMILES string of the molecule is CCCSCC(=O)Cc1cnn(C)c1. The molecule has 1 rings (SSSR count). The van der Waals surface area contributed by atoms with E-state index in [2.05, 4.69) is 12.0 Å². The summed E-state index contributed by atoms with van der Waals surface area (Å²) < 4.78 is 1.72. The van der Waals surface area contributed by atoms with Crippen molar-refractivity contribution in [2.75, 3.05) is 11.5 Å². The maximum Gasteiger partial charge on any atom is 0.147 e. The summed E-state index contributed by atoms with van der Waals surface area (Å²) >= 11 is 1.71. The standard InChI is InChI=1S/C10H16N2OS/c1-3-4-14-8-10(13)5-9-6-11-12(2)7-9/h6-7H,3-5,8H2,1-2H3. The highest BCUT2D eigenvalue weighted by Crippen LogP contribution is 2.05. The third-order valence-corrected chi connectivity index (χ3v) is 2.99. The Hall–Kier alpha value is -0.770. The Morgan fingerprint density at radius 1 is 1.64 bits per heavy atom. The van der Waals surface area contributed by atoms with Gasteiger partial charge in [0.05, 0.1) is 11.9 Å². The van der Waals surface area contributed by atoms with Crippen molar-refractivity contribution in [1.82, 2.24) is 9.78 Å². The van der Waals surface area contributed by atoms with Gasteiger partial charge < -0.3 is 0 Å². The summed E-state index contributed by atoms with van der Waals surface area (Å²) in [4.78, 5) is 11.4. The molecule has 78 valence electrons. The molecule has 3 nitrogen and oxygen atoms in total. The molecular weight excluding hydrogens is 196 g/mol. The zero-order valence-corrected chi connectivity index (χ0v) is 9.51. The first-order valence-corrected chi connectivity index (χ1v) is 5.94. The molecule has 0 spiro atoms. The van der Waals surface area contributed by atoms with Crippen molar-refractivity contribution in [3.8, 4) is 0 Å². The van der Waals surface area contributed by atoms with E-state index in [-0.39, 0.29) is 5.78 Å². The first kappa shape index (κ1) is 11.3. The number of thioether (sulfide) groups is 1. The van der Waals surface area contributed by atoms with Gasteiger partial charge in [0, 0.05) is 19.7 Å². The molecule has 14 heavy (non-hydrogen) atoms. The van der Waals surface area contributed by atoms with Crippen LogP contribution in [0.3, 0.4) is 0 Å². The van der Waals surface area contributed by atoms with Crippen LogP contribution in [0.1, 0.15) is 18.9 Å². The minimum Gasteiger partial charge on any atom is -0.298 e. The third-order valence-electron chi connectivity index (χ3n) is 1.77. The Labute approximate surface area is 88.9 Å². The van der Waals surface area contributed by atoms with Crippen LogP contribution in [-0.2, 0) is 18.3 Å². The second-order valence-electron chi connectivity index (χ2n) is 3.29. The molecule has 0 atom stereocenters. The first-order valence-electron chi connectivity index (χ1n) is 4.79. The number of carbonyl (C=O) groups is 1. The highest BCUT2D eigenvalue weighted by Gasteiger charge is 2.04. The van der Waals surface area contributed by atoms with Crippen molar-refractivity contribution in [3.63, 3.8) is 0 Å². The molecule has 0 aromatic carbocycles. The number of hydrogen-bond donors (Lipinski definition) is 0. The molecule has 0 saturated heterocycles. The van der Waals surface area contributed by atoms with E-state index in [9.17, 15) is 4.79 Å². The third kappa shape index (κ3) is 3.96. The van der Waals surface area contributed by atoms with E-state index >= 15 is 0 Å². The number of hydrogen-bond acceptors (Lipinski definition) is 3. The van der Waals surface area contributed by atoms with Crippen LogP contribution in [0.5, 0.6) is 0 Å². The molecule has 0 radical (unpaired) electrons. The molecule has 0 aliphatic rings. The molecule has 0 bridgehead atoms. The van der Waals surface area contributed by atoms with Crippen LogP contribution in [0, 0.1) is 0 Å². The van der Waals surface area contributed by atoms with Gasteiger partial charge in [-0.15, -0.1) is 0 Å². The lowest BCUT2D eigenvalue weighted by Gasteiger charge is -1.97. The van der Waals surface area contributed by atoms with Crippen LogP contribution in [-0.4, -0.2) is 27.1 Å². The van der Waals surface area contributed by atoms with E-state index in [4.69, 9.17) is 0 Å². The molecule has 0 N–H and O–H groups in total. The maximum absolute atomic E-state index is 11.4. The number of nitrogens with zero attached hydrogens (tertiary/aromatic N) is 2. The van der Waals surface area contributed by atoms with E-state index in [1.165, 1.54) is 0 Å². The molecule has 0 fully saturated rings. The monoisotopic (exact) mass is 212 g/mol. The van der Waals surface area contributed by atoms with Crippen molar-refractivity contribution >= 4 is 17.5 Å². The van der Waals surface area contributed by atoms with Gasteiger partial charge in [-0.3, -0.25) is 9.48 Å². The fraction of sp³-hybridized carbons (Fsp3) is 0.600. The summed E-state index contributed by atoms with van der Waals surface area (Å²) in [5, 5.41) is 4.02. The molecule has 1 aromatic heterocycles. The van der Waals surface area contributed by atoms with Gasteiger partial charge in [-0.25, -0.2) is 0 Å². The van der Waals surface area contributed by atoms with E-state index in [0.29, 0.717) is 12.2 Å². The lowest BCUT2D eigenvalue weighted by molar-refractivity contribution is -0.116. The van der Waals surface area contributed by atoms with Crippen LogP contribution in [0.25, 0.3) is 0 Å². The van der Waals surface area contributed by atoms with Crippen molar-refractivity contribution < 1.29 is 4.79 Å². The molecule has 0 aliphatic carbocycles. The van der Waals surface area contributed by atoms with Crippen molar-refractivity contribution in [2.24, 2.45) is 7.05 Å². The summed E-state index contributed by atoms with van der Waals surface area (Å²) in [6, 6.07) is 0. The normalized spacial score (nSPS) is 10.4. The quantitative estimate of drug-likeness (QED) is 0.673. The lowest BCUT2D eigenvalue weighted by Crippen LogP contribution is -2.05. The molecule has 1 heterocycles. The minimum atomic E-state index is 0.288. The number of Topliss-reactive ketones (excluding diaryl/α,β-unsaturated/α-hetero) is 1. The predicted octanol–water partition coefficient (Wildman–Crippen LogP) is 1.67. The summed E-state index contributed by atoms with van der Waals surface area (Å²) in [7, 11) is 1.86. The van der Waals surface area contributed by atoms with E-state index in [1.54, 1.807) is 22.6 Å². The molecule has 0 saturated carbocycles. The van der Waals surface area contributed by atoms with Gasteiger partial charge in [0.15, 0.2) is 0 Å². The van der Waals surface area contributed by atoms with E-state index in [0.717, 1.165) is 17.7 Å². The number of rotatable bonds is 6. The van der Waals surface area contributed by atoms with E-state index < -0.39 is 0 Å². The molecular formula is C10H16N2OS. The van der Waals surface area contributed by atoms with Gasteiger partial charge in [-0.2, -0.15) is 16.9 Å². The highest BCUT2D eigenvalue weighted by molar-refractivity contribution is 7.99. The average Bonchev–Trinajstić information content (AvgIpc) is 2.52. The molecule has 4 heteroatoms. The molecule has 0 amide bonds. The summed E-state index contributed by atoms with van der Waals surface area (Å²) in [6.45, 7) is 2.12.